The van der Waals surface area contributed by atoms with Crippen LogP contribution >= 0.6 is 11.6 Å². The van der Waals surface area contributed by atoms with Crippen LogP contribution in [0.4, 0.5) is 5.69 Å². The number of nitrogens with one attached hydrogen (secondary N) is 1. The Morgan fingerprint density at radius 3 is 2.28 bits per heavy atom. The van der Waals surface area contributed by atoms with E-state index in [1.165, 1.54) is 24.6 Å². The highest BCUT2D eigenvalue weighted by Gasteiger charge is 2.34. The van der Waals surface area contributed by atoms with E-state index in [0.717, 1.165) is 37.7 Å². The summed E-state index contributed by atoms with van der Waals surface area (Å²) in [5.74, 6) is 0.267. The van der Waals surface area contributed by atoms with Gasteiger partial charge in [0.05, 0.1) is 36.4 Å². The molecule has 1 fully saturated rings. The Labute approximate surface area is 194 Å². The quantitative estimate of drug-likeness (QED) is 0.595. The van der Waals surface area contributed by atoms with Gasteiger partial charge in [-0.05, 0) is 31.9 Å². The number of carbonyl (C=O) groups excluding carboxylic acids is 1. The number of hydrogen-bond acceptors (Lipinski definition) is 5. The molecule has 1 aliphatic carbocycles. The lowest BCUT2D eigenvalue weighted by atomic mass is 9.95. The third kappa shape index (κ3) is 5.54. The second-order valence-corrected chi connectivity index (χ2v) is 10.2. The van der Waals surface area contributed by atoms with Crippen LogP contribution in [0.25, 0.3) is 0 Å². The summed E-state index contributed by atoms with van der Waals surface area (Å²) >= 11 is 6.14. The average molecular weight is 481 g/mol. The molecule has 1 saturated carbocycles. The molecule has 7 nitrogen and oxygen atoms in total. The summed E-state index contributed by atoms with van der Waals surface area (Å²) in [4.78, 5) is 13.2. The van der Waals surface area contributed by atoms with E-state index in [9.17, 15) is 13.2 Å². The van der Waals surface area contributed by atoms with E-state index < -0.39 is 15.9 Å². The van der Waals surface area contributed by atoms with Crippen molar-refractivity contribution in [3.63, 3.8) is 0 Å². The zero-order chi connectivity index (χ0) is 23.3. The second-order valence-electron chi connectivity index (χ2n) is 7.89. The van der Waals surface area contributed by atoms with E-state index in [0.29, 0.717) is 22.2 Å². The minimum atomic E-state index is -3.84. The van der Waals surface area contributed by atoms with Crippen molar-refractivity contribution in [2.45, 2.75) is 50.0 Å². The summed E-state index contributed by atoms with van der Waals surface area (Å²) in [6.45, 7) is 1.60. The van der Waals surface area contributed by atoms with E-state index in [-0.39, 0.29) is 17.5 Å². The fourth-order valence-electron chi connectivity index (χ4n) is 3.91. The largest absolute Gasteiger partial charge is 0.495 e. The maximum Gasteiger partial charge on any atom is 0.243 e. The van der Waals surface area contributed by atoms with Crippen molar-refractivity contribution in [1.82, 2.24) is 4.31 Å². The Bertz CT molecular complexity index is 1050. The van der Waals surface area contributed by atoms with Gasteiger partial charge in [0.2, 0.25) is 15.9 Å². The number of methoxy groups -OCH3 is 2. The molecule has 9 heteroatoms. The topological polar surface area (TPSA) is 84.9 Å². The molecule has 0 saturated heterocycles. The predicted octanol–water partition coefficient (Wildman–Crippen LogP) is 4.63. The van der Waals surface area contributed by atoms with E-state index in [1.54, 1.807) is 30.3 Å². The molecule has 0 unspecified atom stereocenters. The van der Waals surface area contributed by atoms with Gasteiger partial charge < -0.3 is 14.8 Å². The van der Waals surface area contributed by atoms with Crippen LogP contribution in [0.1, 0.15) is 37.7 Å². The number of sulfonamides is 1. The molecule has 0 aromatic heterocycles. The van der Waals surface area contributed by atoms with Crippen LogP contribution in [0.2, 0.25) is 5.02 Å². The van der Waals surface area contributed by atoms with Gasteiger partial charge in [0.1, 0.15) is 11.5 Å². The average Bonchev–Trinajstić information content (AvgIpc) is 2.79. The molecule has 0 radical (unpaired) electrons. The SMILES string of the molecule is COc1cc(NC(=O)CN(C2CCCCC2)S(=O)(=O)c2ccc(C)cc2)c(OC)cc1Cl. The van der Waals surface area contributed by atoms with Crippen LogP contribution in [-0.4, -0.2) is 45.4 Å². The number of benzene rings is 2. The Hall–Kier alpha value is -2.29. The van der Waals surface area contributed by atoms with Crippen molar-refractivity contribution in [2.24, 2.45) is 0 Å². The Morgan fingerprint density at radius 1 is 1.06 bits per heavy atom. The monoisotopic (exact) mass is 480 g/mol. The number of hydrogen-bond donors (Lipinski definition) is 1. The number of ether oxygens (including phenoxy) is 2. The summed E-state index contributed by atoms with van der Waals surface area (Å²) in [6.07, 6.45) is 4.42. The highest BCUT2D eigenvalue weighted by molar-refractivity contribution is 7.89. The Morgan fingerprint density at radius 2 is 1.69 bits per heavy atom. The summed E-state index contributed by atoms with van der Waals surface area (Å²) < 4.78 is 38.8. The standard InChI is InChI=1S/C23H29ClN2O5S/c1-16-9-11-18(12-10-16)32(28,29)26(17-7-5-4-6-8-17)15-23(27)25-20-14-21(30-2)19(24)13-22(20)31-3/h9-14,17H,4-8,15H2,1-3H3,(H,25,27). The highest BCUT2D eigenvalue weighted by atomic mass is 35.5. The van der Waals surface area contributed by atoms with Crippen molar-refractivity contribution in [3.8, 4) is 11.5 Å². The zero-order valence-electron chi connectivity index (χ0n) is 18.6. The first kappa shape index (κ1) is 24.4. The number of amides is 1. The fourth-order valence-corrected chi connectivity index (χ4v) is 5.79. The molecule has 32 heavy (non-hydrogen) atoms. The van der Waals surface area contributed by atoms with E-state index in [1.807, 2.05) is 6.92 Å². The van der Waals surface area contributed by atoms with E-state index >= 15 is 0 Å². The lowest BCUT2D eigenvalue weighted by Gasteiger charge is -2.33. The summed E-state index contributed by atoms with van der Waals surface area (Å²) in [6, 6.07) is 9.57. The van der Waals surface area contributed by atoms with Crippen molar-refractivity contribution < 1.29 is 22.7 Å². The van der Waals surface area contributed by atoms with Crippen molar-refractivity contribution in [2.75, 3.05) is 26.1 Å². The molecule has 174 valence electrons. The van der Waals surface area contributed by atoms with Gasteiger partial charge in [-0.1, -0.05) is 48.6 Å². The van der Waals surface area contributed by atoms with Gasteiger partial charge in [-0.25, -0.2) is 8.42 Å². The normalized spacial score (nSPS) is 14.9. The molecule has 1 amide bonds. The third-order valence-corrected chi connectivity index (χ3v) is 7.86. The van der Waals surface area contributed by atoms with Gasteiger partial charge in [0, 0.05) is 18.2 Å². The fraction of sp³-hybridized carbons (Fsp3) is 0.435. The number of halogens is 1. The molecule has 2 aromatic carbocycles. The summed E-state index contributed by atoms with van der Waals surface area (Å²) in [5, 5.41) is 3.10. The van der Waals surface area contributed by atoms with Crippen molar-refractivity contribution in [1.29, 1.82) is 0 Å². The second kappa shape index (κ2) is 10.6. The predicted molar refractivity (Wildman–Crippen MR) is 125 cm³/mol. The molecule has 0 heterocycles. The number of nitrogens with zero attached hydrogens (tertiary/aromatic N) is 1. The van der Waals surface area contributed by atoms with Crippen LogP contribution < -0.4 is 14.8 Å². The lowest BCUT2D eigenvalue weighted by Crippen LogP contribution is -2.45. The molecular formula is C23H29ClN2O5S. The van der Waals surface area contributed by atoms with Gasteiger partial charge in [-0.2, -0.15) is 4.31 Å². The smallest absolute Gasteiger partial charge is 0.243 e. The van der Waals surface area contributed by atoms with Gasteiger partial charge in [-0.15, -0.1) is 0 Å². The number of carbonyl (C=O) groups is 1. The van der Waals surface area contributed by atoms with Gasteiger partial charge in [0.25, 0.3) is 0 Å². The molecule has 0 spiro atoms. The Kier molecular flexibility index (Phi) is 8.03. The van der Waals surface area contributed by atoms with Crippen molar-refractivity contribution >= 4 is 33.2 Å². The van der Waals surface area contributed by atoms with Gasteiger partial charge >= 0.3 is 0 Å². The molecule has 3 rings (SSSR count). The first-order valence-corrected chi connectivity index (χ1v) is 12.4. The maximum absolute atomic E-state index is 13.5. The van der Waals surface area contributed by atoms with E-state index in [2.05, 4.69) is 5.32 Å². The van der Waals surface area contributed by atoms with Crippen LogP contribution in [-0.2, 0) is 14.8 Å². The first-order valence-electron chi connectivity index (χ1n) is 10.6. The lowest BCUT2D eigenvalue weighted by molar-refractivity contribution is -0.116. The maximum atomic E-state index is 13.5. The molecule has 1 N–H and O–H groups in total. The summed E-state index contributed by atoms with van der Waals surface area (Å²) in [7, 11) is -0.912. The third-order valence-electron chi connectivity index (χ3n) is 5.66. The van der Waals surface area contributed by atoms with Gasteiger partial charge in [-0.3, -0.25) is 4.79 Å². The first-order chi connectivity index (χ1) is 15.3. The number of rotatable bonds is 8. The highest BCUT2D eigenvalue weighted by Crippen LogP contribution is 2.36. The summed E-state index contributed by atoms with van der Waals surface area (Å²) in [5.41, 5.74) is 1.32. The van der Waals surface area contributed by atoms with Crippen molar-refractivity contribution in [3.05, 3.63) is 47.0 Å². The van der Waals surface area contributed by atoms with Crippen LogP contribution in [0.5, 0.6) is 11.5 Å². The van der Waals surface area contributed by atoms with Crippen LogP contribution in [0.3, 0.4) is 0 Å². The Balaban J connectivity index is 1.88. The minimum absolute atomic E-state index is 0.187. The molecule has 2 aromatic rings. The van der Waals surface area contributed by atoms with Gasteiger partial charge in [0.15, 0.2) is 0 Å². The molecule has 0 bridgehead atoms. The number of anilines is 1. The molecule has 0 atom stereocenters. The van der Waals surface area contributed by atoms with Crippen LogP contribution in [0.15, 0.2) is 41.3 Å². The zero-order valence-corrected chi connectivity index (χ0v) is 20.1. The molecular weight excluding hydrogens is 452 g/mol. The molecule has 1 aliphatic rings. The van der Waals surface area contributed by atoms with E-state index in [4.69, 9.17) is 21.1 Å². The van der Waals surface area contributed by atoms with Crippen LogP contribution in [0, 0.1) is 6.92 Å². The minimum Gasteiger partial charge on any atom is -0.495 e. The molecule has 0 aliphatic heterocycles. The number of aryl methyl sites for hydroxylation is 1.